The minimum atomic E-state index is -0.797. The van der Waals surface area contributed by atoms with Gasteiger partial charge in [-0.3, -0.25) is 14.6 Å². The predicted octanol–water partition coefficient (Wildman–Crippen LogP) is 5.86. The van der Waals surface area contributed by atoms with Crippen molar-refractivity contribution in [2.75, 3.05) is 13.7 Å². The summed E-state index contributed by atoms with van der Waals surface area (Å²) in [5, 5.41) is 25.9. The summed E-state index contributed by atoms with van der Waals surface area (Å²) in [6.07, 6.45) is 8.34. The molecule has 2 atom stereocenters. The first-order valence-electron chi connectivity index (χ1n) is 15.1. The first-order chi connectivity index (χ1) is 21.3. The van der Waals surface area contributed by atoms with E-state index >= 15 is 0 Å². The highest BCUT2D eigenvalue weighted by Gasteiger charge is 2.31. The number of benzene rings is 2. The molecule has 3 aromatic rings. The van der Waals surface area contributed by atoms with E-state index in [-0.39, 0.29) is 40.6 Å². The fraction of sp³-hybridized carbons (Fsp3) is 0.371. The minimum Gasteiger partial charge on any atom is -0.507 e. The zero-order valence-electron chi connectivity index (χ0n) is 25.3. The molecule has 1 aliphatic rings. The molecule has 0 spiro atoms. The molecule has 0 radical (unpaired) electrons. The quantitative estimate of drug-likeness (QED) is 0.274. The van der Waals surface area contributed by atoms with Crippen molar-refractivity contribution in [2.24, 2.45) is 0 Å². The second kappa shape index (κ2) is 15.7. The van der Waals surface area contributed by atoms with Crippen molar-refractivity contribution in [1.29, 1.82) is 0 Å². The van der Waals surface area contributed by atoms with Gasteiger partial charge in [0.05, 0.1) is 13.2 Å². The van der Waals surface area contributed by atoms with E-state index in [4.69, 9.17) is 9.47 Å². The number of cyclic esters (lactones) is 1. The van der Waals surface area contributed by atoms with Crippen molar-refractivity contribution in [3.05, 3.63) is 88.8 Å². The largest absolute Gasteiger partial charge is 0.507 e. The standard InChI is InChI=1S/C35H40N2O7/c1-23-9-8-13-27(38)12-5-3-4-10-25-21-30(39)33(34(41)32(25)35(42)44-23)29(24-14-16-28(43-2)17-15-24)22-31(40)37-20-18-26-11-6-7-19-36-26/h4,6-7,10-11,14-17,19,21,23,29,39,41H,3,5,8-9,12-13,18,20,22H2,1-2H3,(H,37,40)/b10-4+/t23-,29?/m0/s1. The molecule has 1 amide bonds. The molecule has 4 rings (SSSR count). The number of aromatic hydroxyl groups is 2. The summed E-state index contributed by atoms with van der Waals surface area (Å²) in [6.45, 7) is 2.10. The molecule has 1 unspecified atom stereocenters. The molecule has 3 N–H and O–H groups in total. The number of nitrogens with one attached hydrogen (secondary N) is 1. The molecular formula is C35H40N2O7. The number of allylic oxidation sites excluding steroid dienone is 1. The van der Waals surface area contributed by atoms with Gasteiger partial charge in [-0.1, -0.05) is 30.4 Å². The third-order valence-electron chi connectivity index (χ3n) is 7.74. The van der Waals surface area contributed by atoms with Gasteiger partial charge in [-0.25, -0.2) is 4.79 Å². The molecule has 1 aliphatic heterocycles. The van der Waals surface area contributed by atoms with E-state index < -0.39 is 23.7 Å². The number of amides is 1. The lowest BCUT2D eigenvalue weighted by Crippen LogP contribution is -2.27. The number of phenols is 2. The Morgan fingerprint density at radius 3 is 2.61 bits per heavy atom. The summed E-state index contributed by atoms with van der Waals surface area (Å²) in [7, 11) is 1.55. The topological polar surface area (TPSA) is 135 Å². The minimum absolute atomic E-state index is 0.0542. The lowest BCUT2D eigenvalue weighted by Gasteiger charge is -2.23. The third kappa shape index (κ3) is 8.69. The molecule has 9 nitrogen and oxygen atoms in total. The van der Waals surface area contributed by atoms with Crippen molar-refractivity contribution < 1.29 is 34.1 Å². The Hall–Kier alpha value is -4.66. The normalized spacial score (nSPS) is 17.5. The van der Waals surface area contributed by atoms with Crippen molar-refractivity contribution in [2.45, 2.75) is 70.3 Å². The number of aromatic nitrogens is 1. The van der Waals surface area contributed by atoms with Crippen LogP contribution in [-0.4, -0.2) is 52.6 Å². The molecule has 0 fully saturated rings. The highest BCUT2D eigenvalue weighted by atomic mass is 16.5. The molecule has 0 saturated carbocycles. The summed E-state index contributed by atoms with van der Waals surface area (Å²) in [5.41, 5.74) is 1.74. The van der Waals surface area contributed by atoms with Gasteiger partial charge >= 0.3 is 5.97 Å². The highest BCUT2D eigenvalue weighted by molar-refractivity contribution is 5.98. The molecule has 44 heavy (non-hydrogen) atoms. The number of hydrogen-bond donors (Lipinski definition) is 3. The number of pyridine rings is 1. The maximum atomic E-state index is 13.5. The van der Waals surface area contributed by atoms with Crippen LogP contribution >= 0.6 is 0 Å². The number of Topliss-reactive ketones (excluding diaryl/α,β-unsaturated/α-hetero) is 1. The molecule has 0 aliphatic carbocycles. The number of carbonyl (C=O) groups is 3. The van der Waals surface area contributed by atoms with Gasteiger partial charge in [0.25, 0.3) is 0 Å². The number of rotatable bonds is 8. The first-order valence-corrected chi connectivity index (χ1v) is 15.1. The Morgan fingerprint density at radius 2 is 1.89 bits per heavy atom. The van der Waals surface area contributed by atoms with Crippen LogP contribution in [0, 0.1) is 0 Å². The number of nitrogens with zero attached hydrogens (tertiary/aromatic N) is 1. The fourth-order valence-corrected chi connectivity index (χ4v) is 5.38. The van der Waals surface area contributed by atoms with Crippen LogP contribution in [0.4, 0.5) is 0 Å². The van der Waals surface area contributed by atoms with E-state index in [2.05, 4.69) is 10.3 Å². The van der Waals surface area contributed by atoms with Crippen molar-refractivity contribution in [3.63, 3.8) is 0 Å². The van der Waals surface area contributed by atoms with Crippen LogP contribution in [-0.2, 0) is 20.7 Å². The first kappa shape index (κ1) is 32.3. The van der Waals surface area contributed by atoms with Crippen LogP contribution in [0.2, 0.25) is 0 Å². The third-order valence-corrected chi connectivity index (χ3v) is 7.74. The summed E-state index contributed by atoms with van der Waals surface area (Å²) >= 11 is 0. The number of methoxy groups -OCH3 is 1. The van der Waals surface area contributed by atoms with Crippen LogP contribution in [0.25, 0.3) is 6.08 Å². The van der Waals surface area contributed by atoms with Gasteiger partial charge in [-0.05, 0) is 74.1 Å². The summed E-state index contributed by atoms with van der Waals surface area (Å²) in [5.74, 6) is -1.75. The van der Waals surface area contributed by atoms with Gasteiger partial charge in [0.1, 0.15) is 28.6 Å². The number of carbonyl (C=O) groups excluding carboxylic acids is 3. The van der Waals surface area contributed by atoms with Crippen LogP contribution in [0.15, 0.2) is 60.8 Å². The van der Waals surface area contributed by atoms with Gasteiger partial charge < -0.3 is 25.0 Å². The monoisotopic (exact) mass is 600 g/mol. The predicted molar refractivity (Wildman–Crippen MR) is 167 cm³/mol. The van der Waals surface area contributed by atoms with Crippen LogP contribution < -0.4 is 10.1 Å². The van der Waals surface area contributed by atoms with E-state index in [0.29, 0.717) is 62.8 Å². The number of esters is 1. The van der Waals surface area contributed by atoms with E-state index in [1.807, 2.05) is 24.3 Å². The molecule has 232 valence electrons. The molecule has 2 heterocycles. The van der Waals surface area contributed by atoms with Crippen molar-refractivity contribution in [1.82, 2.24) is 10.3 Å². The molecular weight excluding hydrogens is 560 g/mol. The second-order valence-corrected chi connectivity index (χ2v) is 11.0. The lowest BCUT2D eigenvalue weighted by atomic mass is 9.84. The molecule has 0 saturated heterocycles. The lowest BCUT2D eigenvalue weighted by molar-refractivity contribution is -0.121. The van der Waals surface area contributed by atoms with Gasteiger partial charge in [0.2, 0.25) is 5.91 Å². The SMILES string of the molecule is COc1ccc(C(CC(=O)NCCc2ccccn2)c2c(O)cc3c(c2O)C(=O)O[C@@H](C)CCCC(=O)CCC/C=C/3)cc1. The van der Waals surface area contributed by atoms with E-state index in [9.17, 15) is 24.6 Å². The molecule has 2 aromatic carbocycles. The number of ether oxygens (including phenoxy) is 2. The fourth-order valence-electron chi connectivity index (χ4n) is 5.38. The average Bonchev–Trinajstić information content (AvgIpc) is 3.00. The number of hydrogen-bond acceptors (Lipinski definition) is 8. The van der Waals surface area contributed by atoms with Gasteiger partial charge in [0.15, 0.2) is 0 Å². The number of phenolic OH excluding ortho intramolecular Hbond substituents is 2. The van der Waals surface area contributed by atoms with Gasteiger partial charge in [0, 0.05) is 55.6 Å². The van der Waals surface area contributed by atoms with Crippen molar-refractivity contribution >= 4 is 23.7 Å². The Labute approximate surface area is 257 Å². The second-order valence-electron chi connectivity index (χ2n) is 11.0. The van der Waals surface area contributed by atoms with E-state index in [1.165, 1.54) is 6.07 Å². The Balaban J connectivity index is 1.70. The number of ketones is 1. The average molecular weight is 601 g/mol. The zero-order chi connectivity index (χ0) is 31.5. The summed E-state index contributed by atoms with van der Waals surface area (Å²) in [6, 6.07) is 14.0. The van der Waals surface area contributed by atoms with Crippen LogP contribution in [0.3, 0.4) is 0 Å². The Morgan fingerprint density at radius 1 is 1.11 bits per heavy atom. The molecule has 1 aromatic heterocycles. The Kier molecular flexibility index (Phi) is 11.5. The van der Waals surface area contributed by atoms with Crippen molar-refractivity contribution in [3.8, 4) is 17.2 Å². The Bertz CT molecular complexity index is 1470. The van der Waals surface area contributed by atoms with E-state index in [0.717, 1.165) is 5.69 Å². The summed E-state index contributed by atoms with van der Waals surface area (Å²) in [4.78, 5) is 43.1. The van der Waals surface area contributed by atoms with Crippen LogP contribution in [0.5, 0.6) is 17.2 Å². The maximum absolute atomic E-state index is 13.5. The maximum Gasteiger partial charge on any atom is 0.342 e. The van der Waals surface area contributed by atoms with Gasteiger partial charge in [-0.2, -0.15) is 0 Å². The zero-order valence-corrected chi connectivity index (χ0v) is 25.3. The molecule has 9 heteroatoms. The van der Waals surface area contributed by atoms with Gasteiger partial charge in [-0.15, -0.1) is 0 Å². The summed E-state index contributed by atoms with van der Waals surface area (Å²) < 4.78 is 11.0. The van der Waals surface area contributed by atoms with E-state index in [1.54, 1.807) is 50.6 Å². The van der Waals surface area contributed by atoms with Crippen LogP contribution in [0.1, 0.15) is 90.5 Å². The number of fused-ring (bicyclic) bond motifs is 1. The smallest absolute Gasteiger partial charge is 0.342 e. The highest BCUT2D eigenvalue weighted by Crippen LogP contribution is 2.44. The molecule has 0 bridgehead atoms.